The number of nitrogens with one attached hydrogen (secondary N) is 1. The summed E-state index contributed by atoms with van der Waals surface area (Å²) < 4.78 is 0. The van der Waals surface area contributed by atoms with Gasteiger partial charge in [0.1, 0.15) is 6.29 Å². The van der Waals surface area contributed by atoms with E-state index in [4.69, 9.17) is 0 Å². The van der Waals surface area contributed by atoms with E-state index in [0.29, 0.717) is 37.0 Å². The molecule has 1 fully saturated rings. The molecule has 1 heterocycles. The number of imide groups is 1. The second kappa shape index (κ2) is 12.5. The monoisotopic (exact) mass is 495 g/mol. The van der Waals surface area contributed by atoms with Gasteiger partial charge in [-0.2, -0.15) is 0 Å². The molecule has 1 aliphatic heterocycles. The zero-order valence-electron chi connectivity index (χ0n) is 21.4. The molecule has 1 N–H and O–H groups in total. The van der Waals surface area contributed by atoms with Gasteiger partial charge in [-0.25, -0.2) is 0 Å². The zero-order valence-corrected chi connectivity index (χ0v) is 22.2. The van der Waals surface area contributed by atoms with Crippen LogP contribution >= 0.6 is 11.8 Å². The van der Waals surface area contributed by atoms with Gasteiger partial charge in [0, 0.05) is 47.8 Å². The molecule has 3 rings (SSSR count). The molecule has 0 radical (unpaired) electrons. The standard InChI is InChI=1S/C28H37N3O3S/c1-19(2)31(20(3)4)15-21-9-11-22(12-10-21)18-35-26-8-6-7-23(17-32)24(26)16-30(5)25-13-14-27(33)29-28(25)34/h6-12,17,19-20,25H,13-16,18H2,1-5H3,(H,29,33,34). The van der Waals surface area contributed by atoms with Gasteiger partial charge >= 0.3 is 0 Å². The Morgan fingerprint density at radius 1 is 1.00 bits per heavy atom. The molecule has 1 unspecified atom stereocenters. The summed E-state index contributed by atoms with van der Waals surface area (Å²) in [6, 6.07) is 15.1. The van der Waals surface area contributed by atoms with Crippen molar-refractivity contribution in [2.75, 3.05) is 7.05 Å². The van der Waals surface area contributed by atoms with E-state index < -0.39 is 0 Å². The SMILES string of the molecule is CC(C)N(Cc1ccc(CSc2cccc(C=O)c2CN(C)C2CCC(=O)NC2=O)cc1)C(C)C. The lowest BCUT2D eigenvalue weighted by atomic mass is 10.0. The summed E-state index contributed by atoms with van der Waals surface area (Å²) in [5, 5.41) is 2.42. The third-order valence-corrected chi connectivity index (χ3v) is 7.73. The normalized spacial score (nSPS) is 16.4. The summed E-state index contributed by atoms with van der Waals surface area (Å²) in [6.45, 7) is 10.3. The quantitative estimate of drug-likeness (QED) is 0.278. The maximum atomic E-state index is 12.3. The Balaban J connectivity index is 1.69. The third-order valence-electron chi connectivity index (χ3n) is 6.55. The van der Waals surface area contributed by atoms with Crippen LogP contribution < -0.4 is 5.32 Å². The van der Waals surface area contributed by atoms with Crippen molar-refractivity contribution >= 4 is 29.9 Å². The average molecular weight is 496 g/mol. The molecule has 0 saturated carbocycles. The van der Waals surface area contributed by atoms with Gasteiger partial charge < -0.3 is 0 Å². The van der Waals surface area contributed by atoms with E-state index in [1.165, 1.54) is 11.1 Å². The van der Waals surface area contributed by atoms with Crippen LogP contribution in [0.5, 0.6) is 0 Å². The molecule has 1 saturated heterocycles. The predicted octanol–water partition coefficient (Wildman–Crippen LogP) is 4.65. The highest BCUT2D eigenvalue weighted by atomic mass is 32.2. The minimum Gasteiger partial charge on any atom is -0.298 e. The van der Waals surface area contributed by atoms with Crippen LogP contribution in [0.15, 0.2) is 47.4 Å². The second-order valence-electron chi connectivity index (χ2n) is 9.79. The molecule has 7 heteroatoms. The van der Waals surface area contributed by atoms with Crippen molar-refractivity contribution in [2.45, 2.75) is 82.4 Å². The Labute approximate surface area is 213 Å². The number of likely N-dealkylation sites (N-methyl/N-ethyl adjacent to an activating group) is 1. The molecule has 2 amide bonds. The lowest BCUT2D eigenvalue weighted by Gasteiger charge is -2.30. The average Bonchev–Trinajstić information content (AvgIpc) is 2.82. The molecule has 2 aromatic carbocycles. The number of thioether (sulfide) groups is 1. The number of nitrogens with zero attached hydrogens (tertiary/aromatic N) is 2. The predicted molar refractivity (Wildman–Crippen MR) is 141 cm³/mol. The third kappa shape index (κ3) is 7.26. The van der Waals surface area contributed by atoms with Crippen molar-refractivity contribution in [3.05, 3.63) is 64.7 Å². The Bertz CT molecular complexity index is 1030. The van der Waals surface area contributed by atoms with Crippen molar-refractivity contribution in [3.8, 4) is 0 Å². The lowest BCUT2D eigenvalue weighted by Crippen LogP contribution is -2.51. The summed E-state index contributed by atoms with van der Waals surface area (Å²) in [6.07, 6.45) is 1.70. The first-order valence-corrected chi connectivity index (χ1v) is 13.3. The molecule has 188 valence electrons. The Kier molecular flexibility index (Phi) is 9.66. The summed E-state index contributed by atoms with van der Waals surface area (Å²) >= 11 is 1.70. The molecule has 0 aromatic heterocycles. The van der Waals surface area contributed by atoms with Gasteiger partial charge in [0.2, 0.25) is 11.8 Å². The van der Waals surface area contributed by atoms with E-state index in [1.807, 2.05) is 30.1 Å². The Morgan fingerprint density at radius 3 is 2.26 bits per heavy atom. The van der Waals surface area contributed by atoms with Crippen molar-refractivity contribution < 1.29 is 14.4 Å². The fraction of sp³-hybridized carbons (Fsp3) is 0.464. The summed E-state index contributed by atoms with van der Waals surface area (Å²) in [7, 11) is 1.87. The molecule has 6 nitrogen and oxygen atoms in total. The van der Waals surface area contributed by atoms with Crippen LogP contribution in [-0.2, 0) is 28.4 Å². The fourth-order valence-corrected chi connectivity index (χ4v) is 5.58. The maximum Gasteiger partial charge on any atom is 0.243 e. The van der Waals surface area contributed by atoms with Crippen LogP contribution in [-0.4, -0.2) is 53.1 Å². The Morgan fingerprint density at radius 2 is 1.66 bits per heavy atom. The number of amides is 2. The first kappa shape index (κ1) is 27.1. The lowest BCUT2D eigenvalue weighted by molar-refractivity contribution is -0.137. The number of rotatable bonds is 11. The van der Waals surface area contributed by atoms with Crippen LogP contribution in [0.1, 0.15) is 67.6 Å². The van der Waals surface area contributed by atoms with Gasteiger partial charge in [0.05, 0.1) is 6.04 Å². The summed E-state index contributed by atoms with van der Waals surface area (Å²) in [5.41, 5.74) is 4.07. The summed E-state index contributed by atoms with van der Waals surface area (Å²) in [4.78, 5) is 41.0. The van der Waals surface area contributed by atoms with Crippen LogP contribution in [0.3, 0.4) is 0 Å². The molecule has 1 atom stereocenters. The summed E-state index contributed by atoms with van der Waals surface area (Å²) in [5.74, 6) is 0.293. The number of aldehydes is 1. The molecular weight excluding hydrogens is 458 g/mol. The van der Waals surface area contributed by atoms with Crippen molar-refractivity contribution in [2.24, 2.45) is 0 Å². The first-order valence-electron chi connectivity index (χ1n) is 12.3. The molecule has 0 bridgehead atoms. The smallest absolute Gasteiger partial charge is 0.243 e. The highest BCUT2D eigenvalue weighted by Crippen LogP contribution is 2.30. The number of hydrogen-bond donors (Lipinski definition) is 1. The van der Waals surface area contributed by atoms with Crippen molar-refractivity contribution in [3.63, 3.8) is 0 Å². The number of benzene rings is 2. The molecule has 1 aliphatic rings. The minimum atomic E-state index is -0.381. The maximum absolute atomic E-state index is 12.3. The second-order valence-corrected chi connectivity index (χ2v) is 10.8. The van der Waals surface area contributed by atoms with Gasteiger partial charge in [-0.1, -0.05) is 36.4 Å². The van der Waals surface area contributed by atoms with Gasteiger partial charge in [0.15, 0.2) is 0 Å². The van der Waals surface area contributed by atoms with Crippen LogP contribution in [0.2, 0.25) is 0 Å². The van der Waals surface area contributed by atoms with Crippen LogP contribution in [0.4, 0.5) is 0 Å². The van der Waals surface area contributed by atoms with E-state index in [0.717, 1.165) is 29.0 Å². The molecule has 0 spiro atoms. The minimum absolute atomic E-state index is 0.226. The van der Waals surface area contributed by atoms with E-state index in [1.54, 1.807) is 11.8 Å². The topological polar surface area (TPSA) is 69.7 Å². The van der Waals surface area contributed by atoms with Crippen LogP contribution in [0, 0.1) is 0 Å². The van der Waals surface area contributed by atoms with Crippen LogP contribution in [0.25, 0.3) is 0 Å². The van der Waals surface area contributed by atoms with Gasteiger partial charge in [-0.3, -0.25) is 29.5 Å². The number of piperidine rings is 1. The van der Waals surface area contributed by atoms with Gasteiger partial charge in [-0.15, -0.1) is 11.8 Å². The van der Waals surface area contributed by atoms with Gasteiger partial charge in [-0.05, 0) is 63.9 Å². The molecule has 0 aliphatic carbocycles. The van der Waals surface area contributed by atoms with E-state index in [2.05, 4.69) is 62.2 Å². The molecular formula is C28H37N3O3S. The number of carbonyl (C=O) groups is 3. The Hall–Kier alpha value is -2.48. The largest absolute Gasteiger partial charge is 0.298 e. The van der Waals surface area contributed by atoms with E-state index in [-0.39, 0.29) is 17.9 Å². The highest BCUT2D eigenvalue weighted by Gasteiger charge is 2.30. The molecule has 2 aromatic rings. The van der Waals surface area contributed by atoms with Gasteiger partial charge in [0.25, 0.3) is 0 Å². The zero-order chi connectivity index (χ0) is 25.5. The van der Waals surface area contributed by atoms with E-state index >= 15 is 0 Å². The van der Waals surface area contributed by atoms with Crippen molar-refractivity contribution in [1.29, 1.82) is 0 Å². The molecule has 35 heavy (non-hydrogen) atoms. The van der Waals surface area contributed by atoms with E-state index in [9.17, 15) is 14.4 Å². The first-order chi connectivity index (χ1) is 16.7. The fourth-order valence-electron chi connectivity index (χ4n) is 4.53. The number of hydrogen-bond acceptors (Lipinski definition) is 6. The van der Waals surface area contributed by atoms with Crippen molar-refractivity contribution in [1.82, 2.24) is 15.1 Å². The highest BCUT2D eigenvalue weighted by molar-refractivity contribution is 7.98. The number of carbonyl (C=O) groups excluding carboxylic acids is 3.